The number of nitrogens with zero attached hydrogens (tertiary/aromatic N) is 3. The number of halogens is 1. The van der Waals surface area contributed by atoms with Crippen LogP contribution in [-0.2, 0) is 13.0 Å². The summed E-state index contributed by atoms with van der Waals surface area (Å²) in [5, 5.41) is 13.0. The summed E-state index contributed by atoms with van der Waals surface area (Å²) in [4.78, 5) is 13.4. The molecule has 138 valence electrons. The highest BCUT2D eigenvalue weighted by molar-refractivity contribution is 14.0. The minimum atomic E-state index is 0. The van der Waals surface area contributed by atoms with Crippen LogP contribution in [0, 0.1) is 6.92 Å². The van der Waals surface area contributed by atoms with Crippen molar-refractivity contribution in [2.24, 2.45) is 4.99 Å². The van der Waals surface area contributed by atoms with Gasteiger partial charge in [-0.15, -0.1) is 46.7 Å². The van der Waals surface area contributed by atoms with Gasteiger partial charge >= 0.3 is 0 Å². The van der Waals surface area contributed by atoms with E-state index in [1.807, 2.05) is 25.1 Å². The molecule has 0 saturated carbocycles. The Balaban J connectivity index is 0.00000243. The summed E-state index contributed by atoms with van der Waals surface area (Å²) in [5.74, 6) is 0.781. The van der Waals surface area contributed by atoms with Crippen LogP contribution in [0.15, 0.2) is 46.1 Å². The molecule has 0 fully saturated rings. The molecule has 0 amide bonds. The summed E-state index contributed by atoms with van der Waals surface area (Å²) in [6, 6.07) is 10.2. The predicted molar refractivity (Wildman–Crippen MR) is 122 cm³/mol. The van der Waals surface area contributed by atoms with E-state index in [2.05, 4.69) is 48.5 Å². The molecule has 5 nitrogen and oxygen atoms in total. The number of thiazole rings is 2. The van der Waals surface area contributed by atoms with Crippen LogP contribution in [0.25, 0.3) is 11.3 Å². The van der Waals surface area contributed by atoms with E-state index >= 15 is 0 Å². The smallest absolute Gasteiger partial charge is 0.191 e. The molecule has 0 aliphatic rings. The molecule has 0 spiro atoms. The Hall–Kier alpha value is -1.52. The van der Waals surface area contributed by atoms with E-state index in [1.165, 1.54) is 0 Å². The van der Waals surface area contributed by atoms with Gasteiger partial charge in [-0.1, -0.05) is 30.3 Å². The number of hydrogen-bond donors (Lipinski definition) is 2. The Morgan fingerprint density at radius 1 is 1.08 bits per heavy atom. The zero-order chi connectivity index (χ0) is 17.5. The fourth-order valence-corrected chi connectivity index (χ4v) is 3.74. The first-order chi connectivity index (χ1) is 12.2. The zero-order valence-corrected chi connectivity index (χ0v) is 18.7. The van der Waals surface area contributed by atoms with E-state index in [4.69, 9.17) is 0 Å². The number of guanidine groups is 1. The topological polar surface area (TPSA) is 62.2 Å². The van der Waals surface area contributed by atoms with Crippen LogP contribution < -0.4 is 10.6 Å². The molecule has 8 heteroatoms. The van der Waals surface area contributed by atoms with Crippen LogP contribution in [0.3, 0.4) is 0 Å². The molecule has 2 aromatic heterocycles. The summed E-state index contributed by atoms with van der Waals surface area (Å²) in [6.45, 7) is 3.49. The molecule has 2 heterocycles. The molecule has 0 aliphatic heterocycles. The SMILES string of the molecule is CN=C(NCCc1csc(C)n1)NCc1nc(-c2ccccc2)cs1.I. The third-order valence-electron chi connectivity index (χ3n) is 3.59. The Labute approximate surface area is 179 Å². The molecule has 1 aromatic carbocycles. The van der Waals surface area contributed by atoms with Crippen molar-refractivity contribution >= 4 is 52.6 Å². The second kappa shape index (κ2) is 10.6. The minimum absolute atomic E-state index is 0. The standard InChI is InChI=1S/C18H21N5S2.HI/c1-13-22-15(11-24-13)8-9-20-18(19-2)21-10-17-23-16(12-25-17)14-6-4-3-5-7-14;/h3-7,11-12H,8-10H2,1-2H3,(H2,19,20,21);1H. The maximum Gasteiger partial charge on any atom is 0.191 e. The molecule has 0 unspecified atom stereocenters. The number of aryl methyl sites for hydroxylation is 1. The molecular weight excluding hydrogens is 477 g/mol. The highest BCUT2D eigenvalue weighted by atomic mass is 127. The monoisotopic (exact) mass is 499 g/mol. The van der Waals surface area contributed by atoms with Gasteiger partial charge < -0.3 is 10.6 Å². The van der Waals surface area contributed by atoms with Gasteiger partial charge in [0, 0.05) is 36.3 Å². The van der Waals surface area contributed by atoms with Crippen LogP contribution in [0.2, 0.25) is 0 Å². The largest absolute Gasteiger partial charge is 0.356 e. The first kappa shape index (κ1) is 20.8. The van der Waals surface area contributed by atoms with Gasteiger partial charge in [0.15, 0.2) is 5.96 Å². The number of aliphatic imine (C=N–C) groups is 1. The van der Waals surface area contributed by atoms with Gasteiger partial charge in [-0.3, -0.25) is 4.99 Å². The van der Waals surface area contributed by atoms with Crippen molar-refractivity contribution in [1.29, 1.82) is 0 Å². The Morgan fingerprint density at radius 3 is 2.58 bits per heavy atom. The average molecular weight is 499 g/mol. The number of hydrogen-bond acceptors (Lipinski definition) is 5. The lowest BCUT2D eigenvalue weighted by molar-refractivity contribution is 0.784. The van der Waals surface area contributed by atoms with E-state index in [-0.39, 0.29) is 24.0 Å². The summed E-state index contributed by atoms with van der Waals surface area (Å²) in [7, 11) is 1.78. The highest BCUT2D eigenvalue weighted by Crippen LogP contribution is 2.21. The first-order valence-electron chi connectivity index (χ1n) is 8.10. The molecule has 0 atom stereocenters. The van der Waals surface area contributed by atoms with E-state index in [1.54, 1.807) is 29.7 Å². The molecular formula is C18H22IN5S2. The van der Waals surface area contributed by atoms with Crippen LogP contribution in [-0.4, -0.2) is 29.5 Å². The number of nitrogens with one attached hydrogen (secondary N) is 2. The summed E-state index contributed by atoms with van der Waals surface area (Å²) in [5.41, 5.74) is 3.29. The van der Waals surface area contributed by atoms with E-state index < -0.39 is 0 Å². The summed E-state index contributed by atoms with van der Waals surface area (Å²) in [6.07, 6.45) is 0.889. The zero-order valence-electron chi connectivity index (χ0n) is 14.7. The Kier molecular flexibility index (Phi) is 8.46. The highest BCUT2D eigenvalue weighted by Gasteiger charge is 2.05. The second-order valence-electron chi connectivity index (χ2n) is 5.45. The normalized spacial score (nSPS) is 11.1. The lowest BCUT2D eigenvalue weighted by atomic mass is 10.2. The maximum absolute atomic E-state index is 4.68. The fourth-order valence-electron chi connectivity index (χ4n) is 2.35. The molecule has 0 radical (unpaired) electrons. The maximum atomic E-state index is 4.68. The summed E-state index contributed by atoms with van der Waals surface area (Å²) >= 11 is 3.34. The van der Waals surface area contributed by atoms with E-state index in [9.17, 15) is 0 Å². The van der Waals surface area contributed by atoms with Gasteiger partial charge in [-0.25, -0.2) is 9.97 Å². The molecule has 2 N–H and O–H groups in total. The van der Waals surface area contributed by atoms with Gasteiger partial charge in [-0.2, -0.15) is 0 Å². The van der Waals surface area contributed by atoms with Crippen molar-refractivity contribution in [3.05, 3.63) is 56.8 Å². The van der Waals surface area contributed by atoms with Gasteiger partial charge in [0.2, 0.25) is 0 Å². The Morgan fingerprint density at radius 2 is 1.88 bits per heavy atom. The Bertz CT molecular complexity index is 829. The first-order valence-corrected chi connectivity index (χ1v) is 9.86. The second-order valence-corrected chi connectivity index (χ2v) is 7.46. The lowest BCUT2D eigenvalue weighted by Gasteiger charge is -2.10. The molecule has 0 bridgehead atoms. The van der Waals surface area contributed by atoms with Gasteiger partial charge in [0.25, 0.3) is 0 Å². The quantitative estimate of drug-likeness (QED) is 0.305. The van der Waals surface area contributed by atoms with Crippen LogP contribution in [0.4, 0.5) is 0 Å². The van der Waals surface area contributed by atoms with Crippen LogP contribution in [0.1, 0.15) is 15.7 Å². The lowest BCUT2D eigenvalue weighted by Crippen LogP contribution is -2.37. The van der Waals surface area contributed by atoms with Crippen molar-refractivity contribution < 1.29 is 0 Å². The summed E-state index contributed by atoms with van der Waals surface area (Å²) < 4.78 is 0. The van der Waals surface area contributed by atoms with Crippen molar-refractivity contribution in [2.45, 2.75) is 19.9 Å². The van der Waals surface area contributed by atoms with Crippen molar-refractivity contribution in [2.75, 3.05) is 13.6 Å². The molecule has 26 heavy (non-hydrogen) atoms. The number of benzene rings is 1. The van der Waals surface area contributed by atoms with Gasteiger partial charge in [-0.05, 0) is 6.92 Å². The average Bonchev–Trinajstić information content (AvgIpc) is 3.28. The minimum Gasteiger partial charge on any atom is -0.356 e. The van der Waals surface area contributed by atoms with Crippen molar-refractivity contribution in [3.63, 3.8) is 0 Å². The fraction of sp³-hybridized carbons (Fsp3) is 0.278. The van der Waals surface area contributed by atoms with E-state index in [0.717, 1.165) is 45.9 Å². The molecule has 3 aromatic rings. The third-order valence-corrected chi connectivity index (χ3v) is 5.26. The van der Waals surface area contributed by atoms with Crippen molar-refractivity contribution in [1.82, 2.24) is 20.6 Å². The van der Waals surface area contributed by atoms with Crippen molar-refractivity contribution in [3.8, 4) is 11.3 Å². The number of rotatable bonds is 6. The molecule has 0 aliphatic carbocycles. The molecule has 0 saturated heterocycles. The molecule has 3 rings (SSSR count). The van der Waals surface area contributed by atoms with Crippen LogP contribution >= 0.6 is 46.7 Å². The number of aromatic nitrogens is 2. The van der Waals surface area contributed by atoms with Gasteiger partial charge in [0.1, 0.15) is 5.01 Å². The van der Waals surface area contributed by atoms with Crippen LogP contribution in [0.5, 0.6) is 0 Å². The predicted octanol–water partition coefficient (Wildman–Crippen LogP) is 4.10. The van der Waals surface area contributed by atoms with Gasteiger partial charge in [0.05, 0.1) is 22.9 Å². The van der Waals surface area contributed by atoms with E-state index in [0.29, 0.717) is 6.54 Å². The third kappa shape index (κ3) is 6.03.